The van der Waals surface area contributed by atoms with Crippen LogP contribution in [0.3, 0.4) is 0 Å². The Morgan fingerprint density at radius 1 is 1.59 bits per heavy atom. The van der Waals surface area contributed by atoms with Crippen molar-refractivity contribution in [1.82, 2.24) is 4.90 Å². The maximum absolute atomic E-state index is 12.9. The Morgan fingerprint density at radius 3 is 2.76 bits per heavy atom. The highest BCUT2D eigenvalue weighted by Crippen LogP contribution is 2.10. The molecule has 1 atom stereocenters. The maximum Gasteiger partial charge on any atom is 0.322 e. The van der Waals surface area contributed by atoms with Crippen molar-refractivity contribution in [3.05, 3.63) is 30.1 Å². The van der Waals surface area contributed by atoms with Gasteiger partial charge in [-0.25, -0.2) is 9.18 Å². The van der Waals surface area contributed by atoms with Crippen molar-refractivity contribution in [3.8, 4) is 0 Å². The molecule has 0 bridgehead atoms. The van der Waals surface area contributed by atoms with Gasteiger partial charge in [0, 0.05) is 12.7 Å². The summed E-state index contributed by atoms with van der Waals surface area (Å²) in [7, 11) is 1.57. The van der Waals surface area contributed by atoms with Crippen molar-refractivity contribution < 1.29 is 9.18 Å². The maximum atomic E-state index is 12.9. The van der Waals surface area contributed by atoms with Crippen LogP contribution in [0.15, 0.2) is 24.3 Å². The van der Waals surface area contributed by atoms with Crippen LogP contribution in [-0.4, -0.2) is 29.0 Å². The molecule has 92 valence electrons. The predicted molar refractivity (Wildman–Crippen MR) is 69.4 cm³/mol. The molecule has 0 spiro atoms. The minimum atomic E-state index is -0.409. The highest BCUT2D eigenvalue weighted by Gasteiger charge is 2.17. The Bertz CT molecular complexity index is 438. The second-order valence-corrected chi connectivity index (χ2v) is 4.10. The first-order chi connectivity index (χ1) is 7.91. The van der Waals surface area contributed by atoms with E-state index >= 15 is 0 Å². The van der Waals surface area contributed by atoms with Crippen LogP contribution in [0.4, 0.5) is 14.9 Å². The van der Waals surface area contributed by atoms with E-state index in [4.69, 9.17) is 18.0 Å². The Morgan fingerprint density at radius 2 is 2.24 bits per heavy atom. The molecule has 6 heteroatoms. The van der Waals surface area contributed by atoms with Gasteiger partial charge in [-0.3, -0.25) is 0 Å². The molecule has 4 nitrogen and oxygen atoms in total. The monoisotopic (exact) mass is 255 g/mol. The van der Waals surface area contributed by atoms with E-state index in [1.165, 1.54) is 23.1 Å². The molecule has 17 heavy (non-hydrogen) atoms. The largest absolute Gasteiger partial charge is 0.392 e. The van der Waals surface area contributed by atoms with Gasteiger partial charge in [-0.1, -0.05) is 18.3 Å². The first-order valence-corrected chi connectivity index (χ1v) is 5.41. The molecular formula is C11H14FN3OS. The molecule has 2 amide bonds. The van der Waals surface area contributed by atoms with Gasteiger partial charge in [0.05, 0.1) is 11.0 Å². The van der Waals surface area contributed by atoms with Crippen LogP contribution < -0.4 is 11.1 Å². The van der Waals surface area contributed by atoms with Gasteiger partial charge in [0.1, 0.15) is 5.82 Å². The van der Waals surface area contributed by atoms with Gasteiger partial charge >= 0.3 is 6.03 Å². The van der Waals surface area contributed by atoms with E-state index in [1.807, 2.05) is 0 Å². The molecule has 1 aromatic rings. The van der Waals surface area contributed by atoms with Gasteiger partial charge in [0.15, 0.2) is 0 Å². The highest BCUT2D eigenvalue weighted by atomic mass is 32.1. The molecule has 0 saturated carbocycles. The number of rotatable bonds is 3. The van der Waals surface area contributed by atoms with Crippen LogP contribution in [0.1, 0.15) is 6.92 Å². The van der Waals surface area contributed by atoms with Crippen molar-refractivity contribution in [3.63, 3.8) is 0 Å². The molecule has 0 fully saturated rings. The second kappa shape index (κ2) is 5.58. The predicted octanol–water partition coefficient (Wildman–Crippen LogP) is 1.96. The van der Waals surface area contributed by atoms with E-state index in [2.05, 4.69) is 5.32 Å². The van der Waals surface area contributed by atoms with Gasteiger partial charge in [-0.05, 0) is 25.1 Å². The smallest absolute Gasteiger partial charge is 0.322 e. The number of amides is 2. The number of carbonyl (C=O) groups is 1. The highest BCUT2D eigenvalue weighted by molar-refractivity contribution is 7.80. The zero-order valence-electron chi connectivity index (χ0n) is 9.61. The van der Waals surface area contributed by atoms with Crippen LogP contribution >= 0.6 is 12.2 Å². The molecule has 3 N–H and O–H groups in total. The van der Waals surface area contributed by atoms with Gasteiger partial charge in [0.25, 0.3) is 0 Å². The summed E-state index contributed by atoms with van der Waals surface area (Å²) in [6.45, 7) is 1.72. The number of nitrogens with one attached hydrogen (secondary N) is 1. The van der Waals surface area contributed by atoms with Crippen molar-refractivity contribution >= 4 is 28.9 Å². The SMILES string of the molecule is CC(C(N)=S)N(C)C(=O)Nc1cccc(F)c1. The Balaban J connectivity index is 2.69. The number of hydrogen-bond acceptors (Lipinski definition) is 2. The molecule has 0 aliphatic rings. The topological polar surface area (TPSA) is 58.4 Å². The average Bonchev–Trinajstić information content (AvgIpc) is 2.26. The van der Waals surface area contributed by atoms with Gasteiger partial charge < -0.3 is 16.0 Å². The first-order valence-electron chi connectivity index (χ1n) is 5.00. The van der Waals surface area contributed by atoms with E-state index < -0.39 is 11.8 Å². The van der Waals surface area contributed by atoms with Crippen molar-refractivity contribution in [1.29, 1.82) is 0 Å². The van der Waals surface area contributed by atoms with Gasteiger partial charge in [-0.15, -0.1) is 0 Å². The molecule has 0 radical (unpaired) electrons. The molecule has 0 aliphatic carbocycles. The van der Waals surface area contributed by atoms with Crippen molar-refractivity contribution in [2.24, 2.45) is 5.73 Å². The molecule has 0 aromatic heterocycles. The van der Waals surface area contributed by atoms with E-state index in [-0.39, 0.29) is 11.0 Å². The van der Waals surface area contributed by atoms with E-state index in [0.29, 0.717) is 5.69 Å². The number of carbonyl (C=O) groups excluding carboxylic acids is 1. The number of anilines is 1. The summed E-state index contributed by atoms with van der Waals surface area (Å²) < 4.78 is 12.9. The molecule has 1 aromatic carbocycles. The number of hydrogen-bond donors (Lipinski definition) is 2. The summed E-state index contributed by atoms with van der Waals surface area (Å²) in [4.78, 5) is 13.3. The standard InChI is InChI=1S/C11H14FN3OS/c1-7(10(13)17)15(2)11(16)14-9-5-3-4-8(12)6-9/h3-7H,1-2H3,(H2,13,17)(H,14,16). The van der Waals surface area contributed by atoms with Crippen LogP contribution in [0.25, 0.3) is 0 Å². The lowest BCUT2D eigenvalue weighted by atomic mass is 10.3. The molecule has 0 saturated heterocycles. The van der Waals surface area contributed by atoms with Crippen LogP contribution in [0.2, 0.25) is 0 Å². The number of nitrogens with zero attached hydrogens (tertiary/aromatic N) is 1. The molecule has 1 unspecified atom stereocenters. The summed E-state index contributed by atoms with van der Waals surface area (Å²) in [6, 6.07) is 4.89. The van der Waals surface area contributed by atoms with E-state index in [0.717, 1.165) is 0 Å². The lowest BCUT2D eigenvalue weighted by Gasteiger charge is -2.24. The normalized spacial score (nSPS) is 11.7. The van der Waals surface area contributed by atoms with Crippen molar-refractivity contribution in [2.75, 3.05) is 12.4 Å². The van der Waals surface area contributed by atoms with Crippen molar-refractivity contribution in [2.45, 2.75) is 13.0 Å². The third kappa shape index (κ3) is 3.67. The first kappa shape index (κ1) is 13.4. The minimum absolute atomic E-state index is 0.224. The Kier molecular flexibility index (Phi) is 4.39. The number of halogens is 1. The minimum Gasteiger partial charge on any atom is -0.392 e. The molecule has 0 heterocycles. The summed E-state index contributed by atoms with van der Waals surface area (Å²) in [5, 5.41) is 2.55. The van der Waals surface area contributed by atoms with E-state index in [1.54, 1.807) is 20.0 Å². The van der Waals surface area contributed by atoms with E-state index in [9.17, 15) is 9.18 Å². The van der Waals surface area contributed by atoms with Gasteiger partial charge in [0.2, 0.25) is 0 Å². The molecule has 1 rings (SSSR count). The molecular weight excluding hydrogens is 241 g/mol. The van der Waals surface area contributed by atoms with Crippen LogP contribution in [-0.2, 0) is 0 Å². The summed E-state index contributed by atoms with van der Waals surface area (Å²) in [5.41, 5.74) is 5.83. The fourth-order valence-corrected chi connectivity index (χ4v) is 1.30. The van der Waals surface area contributed by atoms with Crippen LogP contribution in [0.5, 0.6) is 0 Å². The number of urea groups is 1. The third-order valence-electron chi connectivity index (χ3n) is 2.39. The third-order valence-corrected chi connectivity index (χ3v) is 2.73. The number of nitrogens with two attached hydrogens (primary N) is 1. The quantitative estimate of drug-likeness (QED) is 0.812. The van der Waals surface area contributed by atoms with Crippen LogP contribution in [0, 0.1) is 5.82 Å². The Hall–Kier alpha value is -1.69. The lowest BCUT2D eigenvalue weighted by Crippen LogP contribution is -2.44. The lowest BCUT2D eigenvalue weighted by molar-refractivity contribution is 0.218. The average molecular weight is 255 g/mol. The second-order valence-electron chi connectivity index (χ2n) is 3.63. The summed E-state index contributed by atoms with van der Waals surface area (Å²) in [5.74, 6) is -0.409. The summed E-state index contributed by atoms with van der Waals surface area (Å²) in [6.07, 6.45) is 0. The number of benzene rings is 1. The van der Waals surface area contributed by atoms with Gasteiger partial charge in [-0.2, -0.15) is 0 Å². The number of likely N-dealkylation sites (N-methyl/N-ethyl adjacent to an activating group) is 1. The Labute approximate surface area is 105 Å². The molecule has 0 aliphatic heterocycles. The summed E-state index contributed by atoms with van der Waals surface area (Å²) >= 11 is 4.80. The fourth-order valence-electron chi connectivity index (χ4n) is 1.14. The fraction of sp³-hybridized carbons (Fsp3) is 0.273. The zero-order valence-corrected chi connectivity index (χ0v) is 10.4. The zero-order chi connectivity index (χ0) is 13.0. The number of thiocarbonyl (C=S) groups is 1.